The molecule has 2 aromatic rings. The van der Waals surface area contributed by atoms with Crippen molar-refractivity contribution in [3.05, 3.63) is 63.1 Å². The zero-order chi connectivity index (χ0) is 18.1. The Labute approximate surface area is 164 Å². The van der Waals surface area contributed by atoms with Crippen LogP contribution < -0.4 is 5.32 Å². The summed E-state index contributed by atoms with van der Waals surface area (Å²) < 4.78 is 5.62. The third kappa shape index (κ3) is 3.48. The molecule has 2 heterocycles. The highest BCUT2D eigenvalue weighted by atomic mass is 35.5. The maximum Gasteiger partial charge on any atom is 0.108 e. The van der Waals surface area contributed by atoms with Gasteiger partial charge in [-0.15, -0.1) is 0 Å². The number of aryl methyl sites for hydroxylation is 1. The predicted octanol–water partition coefficient (Wildman–Crippen LogP) is 5.67. The average molecular weight is 389 g/mol. The van der Waals surface area contributed by atoms with Crippen LogP contribution in [0.15, 0.2) is 41.4 Å². The number of hydrogen-bond acceptors (Lipinski definition) is 2. The second kappa shape index (κ2) is 7.22. The number of hydrogen-bond donors (Lipinski definition) is 1. The van der Waals surface area contributed by atoms with Crippen LogP contribution in [0.25, 0.3) is 0 Å². The highest BCUT2D eigenvalue weighted by Gasteiger charge is 2.41. The Bertz CT molecular complexity index is 857. The van der Waals surface area contributed by atoms with Gasteiger partial charge in [0.15, 0.2) is 0 Å². The van der Waals surface area contributed by atoms with E-state index in [0.717, 1.165) is 44.0 Å². The van der Waals surface area contributed by atoms with Gasteiger partial charge in [-0.1, -0.05) is 53.0 Å². The van der Waals surface area contributed by atoms with Crippen molar-refractivity contribution >= 4 is 34.7 Å². The number of aliphatic imine (C=N–C) groups is 1. The maximum absolute atomic E-state index is 6.25. The van der Waals surface area contributed by atoms with Gasteiger partial charge in [0.25, 0.3) is 0 Å². The Kier molecular flexibility index (Phi) is 4.96. The Morgan fingerprint density at radius 2 is 1.88 bits per heavy atom. The van der Waals surface area contributed by atoms with Crippen LogP contribution in [-0.4, -0.2) is 19.0 Å². The third-order valence-corrected chi connectivity index (χ3v) is 6.10. The Hall–Kier alpha value is -1.55. The second-order valence-electron chi connectivity index (χ2n) is 7.27. The molecule has 0 atom stereocenters. The molecule has 0 aliphatic carbocycles. The van der Waals surface area contributed by atoms with E-state index in [0.29, 0.717) is 16.6 Å². The van der Waals surface area contributed by atoms with E-state index in [1.54, 1.807) is 0 Å². The highest BCUT2D eigenvalue weighted by molar-refractivity contribution is 6.42. The van der Waals surface area contributed by atoms with Crippen LogP contribution in [0.1, 0.15) is 29.5 Å². The molecule has 3 nitrogen and oxygen atoms in total. The number of nitrogens with zero attached hydrogens (tertiary/aromatic N) is 1. The van der Waals surface area contributed by atoms with Crippen molar-refractivity contribution in [2.24, 2.45) is 10.4 Å². The first kappa shape index (κ1) is 17.8. The number of rotatable bonds is 2. The molecule has 2 aliphatic heterocycles. The molecular formula is C21H22Cl2N2O. The van der Waals surface area contributed by atoms with Crippen LogP contribution in [0.2, 0.25) is 10.0 Å². The van der Waals surface area contributed by atoms with E-state index in [1.165, 1.54) is 16.7 Å². The summed E-state index contributed by atoms with van der Waals surface area (Å²) in [5.74, 6) is 1.05. The molecule has 26 heavy (non-hydrogen) atoms. The van der Waals surface area contributed by atoms with Gasteiger partial charge in [0.1, 0.15) is 5.84 Å². The van der Waals surface area contributed by atoms with Crippen LogP contribution in [0.5, 0.6) is 0 Å². The molecule has 1 saturated heterocycles. The van der Waals surface area contributed by atoms with E-state index in [9.17, 15) is 0 Å². The summed E-state index contributed by atoms with van der Waals surface area (Å²) in [5.41, 5.74) is 4.69. The first-order valence-corrected chi connectivity index (χ1v) is 9.74. The molecule has 1 spiro atoms. The van der Waals surface area contributed by atoms with E-state index < -0.39 is 0 Å². The molecule has 5 heteroatoms. The number of nitrogens with one attached hydrogen (secondary N) is 1. The third-order valence-electron chi connectivity index (χ3n) is 5.38. The summed E-state index contributed by atoms with van der Waals surface area (Å²) in [6.07, 6.45) is 2.85. The first-order chi connectivity index (χ1) is 12.6. The molecule has 0 saturated carbocycles. The summed E-state index contributed by atoms with van der Waals surface area (Å²) in [6, 6.07) is 12.4. The molecule has 0 bridgehead atoms. The number of anilines is 1. The highest BCUT2D eigenvalue weighted by Crippen LogP contribution is 2.43. The van der Waals surface area contributed by atoms with Gasteiger partial charge in [0.2, 0.25) is 0 Å². The van der Waals surface area contributed by atoms with Gasteiger partial charge >= 0.3 is 0 Å². The topological polar surface area (TPSA) is 33.6 Å². The van der Waals surface area contributed by atoms with Crippen molar-refractivity contribution in [3.8, 4) is 0 Å². The molecule has 2 aromatic carbocycles. The fourth-order valence-corrected chi connectivity index (χ4v) is 4.27. The van der Waals surface area contributed by atoms with E-state index >= 15 is 0 Å². The van der Waals surface area contributed by atoms with Crippen molar-refractivity contribution in [2.75, 3.05) is 18.5 Å². The molecule has 0 unspecified atom stereocenters. The van der Waals surface area contributed by atoms with Crippen LogP contribution in [0, 0.1) is 12.3 Å². The lowest BCUT2D eigenvalue weighted by Gasteiger charge is -2.42. The number of fused-ring (bicyclic) bond motifs is 1. The summed E-state index contributed by atoms with van der Waals surface area (Å²) in [5, 5.41) is 4.74. The Morgan fingerprint density at radius 3 is 2.65 bits per heavy atom. The number of benzene rings is 2. The fourth-order valence-electron chi connectivity index (χ4n) is 3.92. The molecular weight excluding hydrogens is 367 g/mol. The quantitative estimate of drug-likeness (QED) is 0.719. The van der Waals surface area contributed by atoms with Gasteiger partial charge in [0, 0.05) is 24.3 Å². The Balaban J connectivity index is 1.70. The minimum atomic E-state index is -0.00770. The monoisotopic (exact) mass is 388 g/mol. The van der Waals surface area contributed by atoms with Gasteiger partial charge in [-0.25, -0.2) is 0 Å². The molecule has 4 rings (SSSR count). The lowest BCUT2D eigenvalue weighted by Crippen LogP contribution is -2.45. The molecule has 1 N–H and O–H groups in total. The van der Waals surface area contributed by atoms with Gasteiger partial charge in [-0.05, 0) is 49.4 Å². The molecule has 1 fully saturated rings. The lowest BCUT2D eigenvalue weighted by atomic mass is 9.71. The summed E-state index contributed by atoms with van der Waals surface area (Å²) in [4.78, 5) is 5.00. The maximum atomic E-state index is 6.25. The lowest BCUT2D eigenvalue weighted by molar-refractivity contribution is 0.0449. The predicted molar refractivity (Wildman–Crippen MR) is 109 cm³/mol. The van der Waals surface area contributed by atoms with Crippen LogP contribution >= 0.6 is 23.2 Å². The van der Waals surface area contributed by atoms with Crippen LogP contribution in [0.3, 0.4) is 0 Å². The molecule has 136 valence electrons. The largest absolute Gasteiger partial charge is 0.381 e. The van der Waals surface area contributed by atoms with Crippen molar-refractivity contribution in [2.45, 2.75) is 32.7 Å². The zero-order valence-corrected chi connectivity index (χ0v) is 16.3. The van der Waals surface area contributed by atoms with Crippen LogP contribution in [0.4, 0.5) is 5.69 Å². The second-order valence-corrected chi connectivity index (χ2v) is 8.09. The van der Waals surface area contributed by atoms with Crippen LogP contribution in [-0.2, 0) is 17.7 Å². The van der Waals surface area contributed by atoms with E-state index in [2.05, 4.69) is 36.5 Å². The minimum Gasteiger partial charge on any atom is -0.381 e. The van der Waals surface area contributed by atoms with Crippen molar-refractivity contribution in [1.29, 1.82) is 0 Å². The van der Waals surface area contributed by atoms with E-state index in [1.807, 2.05) is 12.1 Å². The summed E-state index contributed by atoms with van der Waals surface area (Å²) in [7, 11) is 0. The van der Waals surface area contributed by atoms with Gasteiger partial charge in [-0.2, -0.15) is 0 Å². The molecule has 2 aliphatic rings. The standard InChI is InChI=1S/C21H22Cl2N2O/c1-14-3-2-4-15(9-14)13-24-20-21(5-7-26-8-6-21)12-16-10-17(22)18(23)11-19(16)25-20/h2-4,9-11H,5-8,12-13H2,1H3,(H,24,25). The summed E-state index contributed by atoms with van der Waals surface area (Å²) >= 11 is 12.5. The summed E-state index contributed by atoms with van der Waals surface area (Å²) in [6.45, 7) is 4.31. The van der Waals surface area contributed by atoms with Gasteiger partial charge in [0.05, 0.1) is 16.6 Å². The normalized spacial score (nSPS) is 20.0. The van der Waals surface area contributed by atoms with Crippen molar-refractivity contribution in [3.63, 3.8) is 0 Å². The number of amidine groups is 1. The van der Waals surface area contributed by atoms with Crippen molar-refractivity contribution < 1.29 is 4.74 Å². The zero-order valence-electron chi connectivity index (χ0n) is 14.8. The fraction of sp³-hybridized carbons (Fsp3) is 0.381. The van der Waals surface area contributed by atoms with Gasteiger partial charge in [-0.3, -0.25) is 4.99 Å². The molecule has 0 radical (unpaired) electrons. The van der Waals surface area contributed by atoms with E-state index in [4.69, 9.17) is 32.9 Å². The Morgan fingerprint density at radius 1 is 1.12 bits per heavy atom. The molecule has 0 amide bonds. The van der Waals surface area contributed by atoms with Gasteiger partial charge < -0.3 is 10.1 Å². The smallest absolute Gasteiger partial charge is 0.108 e. The average Bonchev–Trinajstić information content (AvgIpc) is 2.62. The number of ether oxygens (including phenoxy) is 1. The number of halogens is 2. The minimum absolute atomic E-state index is 0.00770. The SMILES string of the molecule is Cc1cccc(CN=C2Nc3cc(Cl)c(Cl)cc3CC23CCOCC3)c1. The molecule has 0 aromatic heterocycles. The first-order valence-electron chi connectivity index (χ1n) is 8.99. The van der Waals surface area contributed by atoms with E-state index in [-0.39, 0.29) is 5.41 Å². The van der Waals surface area contributed by atoms with Crippen molar-refractivity contribution in [1.82, 2.24) is 0 Å².